The lowest BCUT2D eigenvalue weighted by atomic mass is 10.1. The first-order chi connectivity index (χ1) is 8.52. The number of esters is 1. The first-order valence-corrected chi connectivity index (χ1v) is 5.51. The second-order valence-corrected chi connectivity index (χ2v) is 4.07. The molecule has 0 bridgehead atoms. The molecule has 0 atom stereocenters. The van der Waals surface area contributed by atoms with Gasteiger partial charge in [-0.15, -0.1) is 0 Å². The lowest BCUT2D eigenvalue weighted by molar-refractivity contribution is -0.131. The molecule has 0 heterocycles. The second kappa shape index (κ2) is 4.56. The number of hydrogen-bond acceptors (Lipinski definition) is 4. The van der Waals surface area contributed by atoms with Crippen molar-refractivity contribution in [1.82, 2.24) is 0 Å². The minimum atomic E-state index is -0.430. The summed E-state index contributed by atoms with van der Waals surface area (Å²) < 4.78 is 10.3. The van der Waals surface area contributed by atoms with Gasteiger partial charge in [-0.05, 0) is 13.0 Å². The van der Waals surface area contributed by atoms with E-state index in [1.165, 1.54) is 20.1 Å². The molecule has 4 heteroatoms. The van der Waals surface area contributed by atoms with E-state index in [1.54, 1.807) is 6.07 Å². The molecule has 18 heavy (non-hydrogen) atoms. The van der Waals surface area contributed by atoms with E-state index in [9.17, 15) is 9.90 Å². The van der Waals surface area contributed by atoms with E-state index >= 15 is 0 Å². The third-order valence-corrected chi connectivity index (χ3v) is 2.65. The maximum absolute atomic E-state index is 11.1. The highest BCUT2D eigenvalue weighted by Gasteiger charge is 2.15. The summed E-state index contributed by atoms with van der Waals surface area (Å²) in [5.74, 6) is 0.333. The van der Waals surface area contributed by atoms with Crippen molar-refractivity contribution >= 4 is 16.7 Å². The number of methoxy groups -OCH3 is 1. The van der Waals surface area contributed by atoms with Crippen LogP contribution in [0.4, 0.5) is 0 Å². The van der Waals surface area contributed by atoms with Crippen LogP contribution in [0.2, 0.25) is 0 Å². The molecule has 0 aliphatic heterocycles. The largest absolute Gasteiger partial charge is 0.507 e. The number of phenolic OH excluding ortho intramolecular Hbond substituents is 1. The number of phenols is 1. The van der Waals surface area contributed by atoms with Crippen LogP contribution in [0.1, 0.15) is 12.5 Å². The fraction of sp³-hybridized carbons (Fsp3) is 0.214. The molecule has 0 saturated carbocycles. The van der Waals surface area contributed by atoms with Gasteiger partial charge in [0.15, 0.2) is 11.5 Å². The van der Waals surface area contributed by atoms with Gasteiger partial charge in [0, 0.05) is 23.8 Å². The predicted molar refractivity (Wildman–Crippen MR) is 68.2 cm³/mol. The third-order valence-electron chi connectivity index (χ3n) is 2.65. The predicted octanol–water partition coefficient (Wildman–Crippen LogP) is 2.79. The molecule has 0 amide bonds. The van der Waals surface area contributed by atoms with Gasteiger partial charge < -0.3 is 14.6 Å². The molecule has 0 fully saturated rings. The molecule has 1 N–H and O–H groups in total. The van der Waals surface area contributed by atoms with Crippen LogP contribution in [0, 0.1) is 6.92 Å². The minimum Gasteiger partial charge on any atom is -0.507 e. The van der Waals surface area contributed by atoms with E-state index in [-0.39, 0.29) is 5.75 Å². The minimum absolute atomic E-state index is 0.0986. The van der Waals surface area contributed by atoms with Crippen LogP contribution in [0.25, 0.3) is 10.8 Å². The number of carbonyl (C=O) groups excluding carboxylic acids is 1. The summed E-state index contributed by atoms with van der Waals surface area (Å²) in [5.41, 5.74) is 1.01. The van der Waals surface area contributed by atoms with Crippen molar-refractivity contribution < 1.29 is 19.4 Å². The quantitative estimate of drug-likeness (QED) is 0.654. The Labute approximate surface area is 105 Å². The van der Waals surface area contributed by atoms with Gasteiger partial charge in [0.1, 0.15) is 5.75 Å². The van der Waals surface area contributed by atoms with Crippen LogP contribution in [0.5, 0.6) is 17.2 Å². The number of rotatable bonds is 2. The van der Waals surface area contributed by atoms with Crippen molar-refractivity contribution in [2.75, 3.05) is 7.11 Å². The smallest absolute Gasteiger partial charge is 0.308 e. The first-order valence-electron chi connectivity index (χ1n) is 5.51. The Morgan fingerprint density at radius 1 is 1.22 bits per heavy atom. The van der Waals surface area contributed by atoms with Crippen LogP contribution >= 0.6 is 0 Å². The van der Waals surface area contributed by atoms with E-state index in [2.05, 4.69) is 0 Å². The van der Waals surface area contributed by atoms with Gasteiger partial charge in [-0.1, -0.05) is 17.7 Å². The first kappa shape index (κ1) is 12.2. The van der Waals surface area contributed by atoms with Crippen LogP contribution in [-0.4, -0.2) is 18.2 Å². The molecule has 0 aliphatic rings. The van der Waals surface area contributed by atoms with Gasteiger partial charge in [0.2, 0.25) is 0 Å². The monoisotopic (exact) mass is 246 g/mol. The molecular formula is C14H14O4. The van der Waals surface area contributed by atoms with Gasteiger partial charge >= 0.3 is 5.97 Å². The van der Waals surface area contributed by atoms with E-state index < -0.39 is 5.97 Å². The maximum atomic E-state index is 11.1. The zero-order valence-electron chi connectivity index (χ0n) is 10.5. The molecule has 0 radical (unpaired) electrons. The van der Waals surface area contributed by atoms with Crippen molar-refractivity contribution in [3.05, 3.63) is 29.8 Å². The lowest BCUT2D eigenvalue weighted by Crippen LogP contribution is -2.03. The SMILES string of the molecule is COc1cc(O)c2cc(C)ccc2c1OC(C)=O. The van der Waals surface area contributed by atoms with Gasteiger partial charge in [-0.3, -0.25) is 4.79 Å². The summed E-state index contributed by atoms with van der Waals surface area (Å²) in [6.45, 7) is 3.25. The molecule has 94 valence electrons. The second-order valence-electron chi connectivity index (χ2n) is 4.07. The van der Waals surface area contributed by atoms with Gasteiger partial charge in [-0.2, -0.15) is 0 Å². The average Bonchev–Trinajstić information content (AvgIpc) is 2.32. The summed E-state index contributed by atoms with van der Waals surface area (Å²) in [7, 11) is 1.46. The maximum Gasteiger partial charge on any atom is 0.308 e. The van der Waals surface area contributed by atoms with Crippen molar-refractivity contribution in [1.29, 1.82) is 0 Å². The van der Waals surface area contributed by atoms with E-state index in [1.807, 2.05) is 19.1 Å². The Morgan fingerprint density at radius 2 is 1.94 bits per heavy atom. The summed E-state index contributed by atoms with van der Waals surface area (Å²) in [6.07, 6.45) is 0. The Morgan fingerprint density at radius 3 is 2.56 bits per heavy atom. The van der Waals surface area contributed by atoms with Crippen molar-refractivity contribution in [2.45, 2.75) is 13.8 Å². The normalized spacial score (nSPS) is 10.4. The molecule has 2 rings (SSSR count). The highest BCUT2D eigenvalue weighted by Crippen LogP contribution is 2.41. The Kier molecular flexibility index (Phi) is 3.10. The fourth-order valence-corrected chi connectivity index (χ4v) is 1.87. The van der Waals surface area contributed by atoms with Gasteiger partial charge in [0.05, 0.1) is 7.11 Å². The number of ether oxygens (including phenoxy) is 2. The number of benzene rings is 2. The Balaban J connectivity index is 2.78. The molecule has 2 aromatic rings. The molecule has 0 aromatic heterocycles. The number of fused-ring (bicyclic) bond motifs is 1. The van der Waals surface area contributed by atoms with Crippen LogP contribution < -0.4 is 9.47 Å². The van der Waals surface area contributed by atoms with Gasteiger partial charge in [0.25, 0.3) is 0 Å². The molecule has 0 spiro atoms. The molecule has 0 aliphatic carbocycles. The van der Waals surface area contributed by atoms with Crippen LogP contribution in [0.3, 0.4) is 0 Å². The molecule has 0 unspecified atom stereocenters. The molecular weight excluding hydrogens is 232 g/mol. The Hall–Kier alpha value is -2.23. The van der Waals surface area contributed by atoms with Gasteiger partial charge in [-0.25, -0.2) is 0 Å². The van der Waals surface area contributed by atoms with Crippen LogP contribution in [-0.2, 0) is 4.79 Å². The average molecular weight is 246 g/mol. The number of aromatic hydroxyl groups is 1. The standard InChI is InChI=1S/C14H14O4/c1-8-4-5-10-11(6-8)12(16)7-13(17-3)14(10)18-9(2)15/h4-7,16H,1-3H3. The van der Waals surface area contributed by atoms with Crippen molar-refractivity contribution in [3.8, 4) is 17.2 Å². The summed E-state index contributed by atoms with van der Waals surface area (Å²) in [4.78, 5) is 11.1. The summed E-state index contributed by atoms with van der Waals surface area (Å²) in [5, 5.41) is 11.2. The molecule has 2 aromatic carbocycles. The zero-order chi connectivity index (χ0) is 13.3. The van der Waals surface area contributed by atoms with Crippen LogP contribution in [0.15, 0.2) is 24.3 Å². The number of hydrogen-bond donors (Lipinski definition) is 1. The molecule has 0 saturated heterocycles. The summed E-state index contributed by atoms with van der Waals surface area (Å²) >= 11 is 0. The van der Waals surface area contributed by atoms with E-state index in [0.29, 0.717) is 22.3 Å². The van der Waals surface area contributed by atoms with E-state index in [4.69, 9.17) is 9.47 Å². The highest BCUT2D eigenvalue weighted by molar-refractivity contribution is 5.97. The highest BCUT2D eigenvalue weighted by atomic mass is 16.6. The fourth-order valence-electron chi connectivity index (χ4n) is 1.87. The van der Waals surface area contributed by atoms with Crippen molar-refractivity contribution in [3.63, 3.8) is 0 Å². The van der Waals surface area contributed by atoms with Crippen molar-refractivity contribution in [2.24, 2.45) is 0 Å². The Bertz CT molecular complexity index is 617. The zero-order valence-corrected chi connectivity index (χ0v) is 10.5. The topological polar surface area (TPSA) is 55.8 Å². The lowest BCUT2D eigenvalue weighted by Gasteiger charge is -2.13. The third kappa shape index (κ3) is 2.09. The van der Waals surface area contributed by atoms with E-state index in [0.717, 1.165) is 5.56 Å². The number of aryl methyl sites for hydroxylation is 1. The number of carbonyl (C=O) groups is 1. The molecule has 4 nitrogen and oxygen atoms in total. The summed E-state index contributed by atoms with van der Waals surface area (Å²) in [6, 6.07) is 6.95.